The number of aryl methyl sites for hydroxylation is 2. The second-order valence-corrected chi connectivity index (χ2v) is 7.23. The summed E-state index contributed by atoms with van der Waals surface area (Å²) in [5, 5.41) is 5.44. The van der Waals surface area contributed by atoms with E-state index in [-0.39, 0.29) is 18.5 Å². The quantitative estimate of drug-likeness (QED) is 0.837. The Bertz CT molecular complexity index is 812. The van der Waals surface area contributed by atoms with E-state index in [9.17, 15) is 9.59 Å². The van der Waals surface area contributed by atoms with Crippen LogP contribution in [0, 0.1) is 13.8 Å². The number of urea groups is 1. The van der Waals surface area contributed by atoms with Crippen molar-refractivity contribution in [2.24, 2.45) is 0 Å². The maximum absolute atomic E-state index is 12.4. The molecule has 0 unspecified atom stereocenters. The first kappa shape index (κ1) is 19.7. The smallest absolute Gasteiger partial charge is 0.315 e. The molecule has 6 nitrogen and oxygen atoms in total. The van der Waals surface area contributed by atoms with Crippen LogP contribution < -0.4 is 15.5 Å². The van der Waals surface area contributed by atoms with Gasteiger partial charge in [0, 0.05) is 38.4 Å². The molecule has 0 bridgehead atoms. The van der Waals surface area contributed by atoms with Gasteiger partial charge in [0.25, 0.3) is 0 Å². The lowest BCUT2D eigenvalue weighted by Crippen LogP contribution is -2.52. The topological polar surface area (TPSA) is 64.7 Å². The van der Waals surface area contributed by atoms with Crippen molar-refractivity contribution in [3.05, 3.63) is 65.2 Å². The lowest BCUT2D eigenvalue weighted by Gasteiger charge is -2.36. The number of anilines is 1. The molecule has 0 radical (unpaired) electrons. The minimum Gasteiger partial charge on any atom is -0.368 e. The van der Waals surface area contributed by atoms with Gasteiger partial charge in [-0.1, -0.05) is 42.0 Å². The highest BCUT2D eigenvalue weighted by molar-refractivity contribution is 5.84. The molecule has 1 aliphatic rings. The third-order valence-corrected chi connectivity index (χ3v) is 4.97. The number of carbonyl (C=O) groups is 2. The van der Waals surface area contributed by atoms with Gasteiger partial charge in [-0.25, -0.2) is 4.79 Å². The minimum absolute atomic E-state index is 0.0180. The summed E-state index contributed by atoms with van der Waals surface area (Å²) >= 11 is 0. The monoisotopic (exact) mass is 380 g/mol. The number of piperazine rings is 1. The fraction of sp³-hybridized carbons (Fsp3) is 0.364. The number of benzene rings is 2. The maximum atomic E-state index is 12.4. The molecule has 3 rings (SSSR count). The number of hydrogen-bond donors (Lipinski definition) is 2. The van der Waals surface area contributed by atoms with E-state index in [4.69, 9.17) is 0 Å². The molecule has 1 fully saturated rings. The number of carbonyl (C=O) groups excluding carboxylic acids is 2. The molecule has 3 amide bonds. The average molecular weight is 380 g/mol. The third-order valence-electron chi connectivity index (χ3n) is 4.97. The summed E-state index contributed by atoms with van der Waals surface area (Å²) in [4.78, 5) is 28.4. The van der Waals surface area contributed by atoms with Crippen molar-refractivity contribution in [3.8, 4) is 0 Å². The summed E-state index contributed by atoms with van der Waals surface area (Å²) in [6.07, 6.45) is 0. The summed E-state index contributed by atoms with van der Waals surface area (Å²) in [5.41, 5.74) is 4.64. The highest BCUT2D eigenvalue weighted by atomic mass is 16.2. The number of nitrogens with zero attached hydrogens (tertiary/aromatic N) is 2. The van der Waals surface area contributed by atoms with Crippen LogP contribution in [0.3, 0.4) is 0 Å². The highest BCUT2D eigenvalue weighted by Gasteiger charge is 2.21. The van der Waals surface area contributed by atoms with Crippen molar-refractivity contribution in [3.63, 3.8) is 0 Å². The van der Waals surface area contributed by atoms with Crippen LogP contribution >= 0.6 is 0 Å². The van der Waals surface area contributed by atoms with Gasteiger partial charge in [0.1, 0.15) is 0 Å². The molecule has 1 heterocycles. The predicted molar refractivity (Wildman–Crippen MR) is 111 cm³/mol. The second kappa shape index (κ2) is 9.26. The van der Waals surface area contributed by atoms with E-state index in [1.807, 2.05) is 36.1 Å². The van der Waals surface area contributed by atoms with E-state index in [1.165, 1.54) is 16.8 Å². The van der Waals surface area contributed by atoms with E-state index in [2.05, 4.69) is 46.7 Å². The van der Waals surface area contributed by atoms with Crippen molar-refractivity contribution in [2.45, 2.75) is 20.4 Å². The Balaban J connectivity index is 1.38. The molecule has 2 aromatic rings. The van der Waals surface area contributed by atoms with Crippen molar-refractivity contribution >= 4 is 17.6 Å². The molecule has 0 aromatic heterocycles. The van der Waals surface area contributed by atoms with E-state index in [1.54, 1.807) is 0 Å². The van der Waals surface area contributed by atoms with Crippen LogP contribution in [-0.2, 0) is 11.3 Å². The Hall–Kier alpha value is -3.02. The van der Waals surface area contributed by atoms with Crippen molar-refractivity contribution in [1.82, 2.24) is 15.5 Å². The van der Waals surface area contributed by atoms with E-state index < -0.39 is 0 Å². The van der Waals surface area contributed by atoms with Gasteiger partial charge in [-0.05, 0) is 37.1 Å². The van der Waals surface area contributed by atoms with Crippen LogP contribution in [0.4, 0.5) is 10.5 Å². The zero-order chi connectivity index (χ0) is 19.9. The summed E-state index contributed by atoms with van der Waals surface area (Å²) in [7, 11) is 0. The summed E-state index contributed by atoms with van der Waals surface area (Å²) in [5.74, 6) is -0.0469. The van der Waals surface area contributed by atoms with Gasteiger partial charge in [0.05, 0.1) is 6.54 Å². The zero-order valence-corrected chi connectivity index (χ0v) is 16.6. The predicted octanol–water partition coefficient (Wildman–Crippen LogP) is 2.45. The number of rotatable bonds is 5. The third kappa shape index (κ3) is 5.49. The molecule has 6 heteroatoms. The molecule has 1 aliphatic heterocycles. The van der Waals surface area contributed by atoms with E-state index in [0.29, 0.717) is 19.6 Å². The first-order valence-electron chi connectivity index (χ1n) is 9.68. The van der Waals surface area contributed by atoms with Crippen LogP contribution in [0.5, 0.6) is 0 Å². The average Bonchev–Trinajstić information content (AvgIpc) is 2.71. The van der Waals surface area contributed by atoms with Crippen molar-refractivity contribution in [1.29, 1.82) is 0 Å². The van der Waals surface area contributed by atoms with Crippen LogP contribution in [0.15, 0.2) is 48.5 Å². The van der Waals surface area contributed by atoms with Crippen LogP contribution in [-0.4, -0.2) is 49.6 Å². The first-order chi connectivity index (χ1) is 13.5. The molecule has 0 aliphatic carbocycles. The molecule has 0 atom stereocenters. The number of amides is 3. The fourth-order valence-corrected chi connectivity index (χ4v) is 3.26. The summed E-state index contributed by atoms with van der Waals surface area (Å²) in [6, 6.07) is 16.1. The SMILES string of the molecule is Cc1ccc(CNC(=O)NCC(=O)N2CCN(c3cccc(C)c3)CC2)cc1. The highest BCUT2D eigenvalue weighted by Crippen LogP contribution is 2.17. The Morgan fingerprint density at radius 3 is 2.29 bits per heavy atom. The Labute approximate surface area is 166 Å². The Kier molecular flexibility index (Phi) is 6.53. The van der Waals surface area contributed by atoms with Gasteiger partial charge < -0.3 is 20.4 Å². The standard InChI is InChI=1S/C22H28N4O2/c1-17-6-8-19(9-7-17)15-23-22(28)24-16-21(27)26-12-10-25(11-13-26)20-5-3-4-18(2)14-20/h3-9,14H,10-13,15-16H2,1-2H3,(H2,23,24,28). The van der Waals surface area contributed by atoms with Crippen LogP contribution in [0.1, 0.15) is 16.7 Å². The van der Waals surface area contributed by atoms with Crippen LogP contribution in [0.2, 0.25) is 0 Å². The van der Waals surface area contributed by atoms with Crippen molar-refractivity contribution in [2.75, 3.05) is 37.6 Å². The minimum atomic E-state index is -0.327. The molecule has 0 spiro atoms. The van der Waals surface area contributed by atoms with Gasteiger partial charge in [-0.3, -0.25) is 4.79 Å². The summed E-state index contributed by atoms with van der Waals surface area (Å²) < 4.78 is 0. The second-order valence-electron chi connectivity index (χ2n) is 7.23. The molecule has 0 saturated carbocycles. The van der Waals surface area contributed by atoms with Gasteiger partial charge in [0.2, 0.25) is 5.91 Å². The molecular weight excluding hydrogens is 352 g/mol. The molecule has 28 heavy (non-hydrogen) atoms. The van der Waals surface area contributed by atoms with Gasteiger partial charge >= 0.3 is 6.03 Å². The van der Waals surface area contributed by atoms with Crippen molar-refractivity contribution < 1.29 is 9.59 Å². The van der Waals surface area contributed by atoms with Gasteiger partial charge in [-0.15, -0.1) is 0 Å². The van der Waals surface area contributed by atoms with Gasteiger partial charge in [0.15, 0.2) is 0 Å². The maximum Gasteiger partial charge on any atom is 0.315 e. The molecule has 148 valence electrons. The zero-order valence-electron chi connectivity index (χ0n) is 16.6. The molecule has 1 saturated heterocycles. The molecule has 2 N–H and O–H groups in total. The lowest BCUT2D eigenvalue weighted by atomic mass is 10.1. The van der Waals surface area contributed by atoms with E-state index >= 15 is 0 Å². The van der Waals surface area contributed by atoms with Crippen LogP contribution in [0.25, 0.3) is 0 Å². The Morgan fingerprint density at radius 1 is 0.893 bits per heavy atom. The first-order valence-corrected chi connectivity index (χ1v) is 9.68. The number of hydrogen-bond acceptors (Lipinski definition) is 3. The van der Waals surface area contributed by atoms with E-state index in [0.717, 1.165) is 18.7 Å². The molecule has 2 aromatic carbocycles. The Morgan fingerprint density at radius 2 is 1.61 bits per heavy atom. The number of nitrogens with one attached hydrogen (secondary N) is 2. The normalized spacial score (nSPS) is 13.9. The summed E-state index contributed by atoms with van der Waals surface area (Å²) in [6.45, 7) is 7.50. The molecular formula is C22H28N4O2. The largest absolute Gasteiger partial charge is 0.368 e. The van der Waals surface area contributed by atoms with Gasteiger partial charge in [-0.2, -0.15) is 0 Å². The lowest BCUT2D eigenvalue weighted by molar-refractivity contribution is -0.130. The fourth-order valence-electron chi connectivity index (χ4n) is 3.26.